The Kier molecular flexibility index (Phi) is 4.77. The summed E-state index contributed by atoms with van der Waals surface area (Å²) in [5.41, 5.74) is 0.120. The van der Waals surface area contributed by atoms with Crippen molar-refractivity contribution in [3.8, 4) is 17.0 Å². The standard InChI is InChI=1S/C20H14Cl2N4O3/c1-26-15-5-3-2-4-11(15)18(27)16(20(26)29)17-12(19(28)25-24-17)9-23-14-8-10(21)6-7-13(14)22/h2-9,27H,1H3,(H2,24,25,28). The molecule has 0 atom stereocenters. The van der Waals surface area contributed by atoms with Crippen LogP contribution in [0.4, 0.5) is 5.69 Å². The van der Waals surface area contributed by atoms with Gasteiger partial charge in [0.2, 0.25) is 0 Å². The van der Waals surface area contributed by atoms with Gasteiger partial charge in [0.05, 0.1) is 27.5 Å². The number of hydrogen-bond acceptors (Lipinski definition) is 4. The van der Waals surface area contributed by atoms with Crippen LogP contribution in [0.1, 0.15) is 5.56 Å². The SMILES string of the molecule is Cn1c(=O)c(-c2[nH][nH]c(=O)c2C=Nc2cc(Cl)ccc2Cl)c(O)c2ccccc21. The zero-order chi connectivity index (χ0) is 20.7. The molecule has 0 fully saturated rings. The van der Waals surface area contributed by atoms with Gasteiger partial charge in [-0.2, -0.15) is 0 Å². The highest BCUT2D eigenvalue weighted by atomic mass is 35.5. The average molecular weight is 429 g/mol. The lowest BCUT2D eigenvalue weighted by molar-refractivity contribution is 0.481. The zero-order valence-corrected chi connectivity index (χ0v) is 16.5. The maximum Gasteiger partial charge on any atom is 0.273 e. The minimum Gasteiger partial charge on any atom is -0.506 e. The normalized spacial score (nSPS) is 11.6. The van der Waals surface area contributed by atoms with Gasteiger partial charge in [0.15, 0.2) is 0 Å². The predicted molar refractivity (Wildman–Crippen MR) is 115 cm³/mol. The van der Waals surface area contributed by atoms with Gasteiger partial charge >= 0.3 is 0 Å². The van der Waals surface area contributed by atoms with E-state index in [1.165, 1.54) is 10.8 Å². The van der Waals surface area contributed by atoms with Crippen molar-refractivity contribution in [3.05, 3.63) is 78.8 Å². The van der Waals surface area contributed by atoms with E-state index in [9.17, 15) is 14.7 Å². The molecule has 0 saturated heterocycles. The molecule has 7 nitrogen and oxygen atoms in total. The van der Waals surface area contributed by atoms with Crippen LogP contribution in [-0.4, -0.2) is 26.1 Å². The van der Waals surface area contributed by atoms with Crippen LogP contribution < -0.4 is 11.1 Å². The minimum atomic E-state index is -0.503. The third kappa shape index (κ3) is 3.24. The van der Waals surface area contributed by atoms with Gasteiger partial charge < -0.3 is 9.67 Å². The molecule has 146 valence electrons. The third-order valence-electron chi connectivity index (χ3n) is 4.58. The molecule has 4 rings (SSSR count). The molecule has 2 aromatic carbocycles. The highest BCUT2D eigenvalue weighted by Gasteiger charge is 2.21. The molecule has 0 aliphatic carbocycles. The van der Waals surface area contributed by atoms with Crippen LogP contribution in [0.15, 0.2) is 57.0 Å². The number of aromatic amines is 2. The van der Waals surface area contributed by atoms with E-state index in [1.54, 1.807) is 49.5 Å². The van der Waals surface area contributed by atoms with E-state index in [4.69, 9.17) is 23.2 Å². The Bertz CT molecular complexity index is 1400. The number of aromatic nitrogens is 3. The molecule has 2 aromatic heterocycles. The molecule has 0 amide bonds. The number of nitrogens with zero attached hydrogens (tertiary/aromatic N) is 2. The number of hydrogen-bond donors (Lipinski definition) is 3. The van der Waals surface area contributed by atoms with Crippen molar-refractivity contribution in [2.45, 2.75) is 0 Å². The van der Waals surface area contributed by atoms with Crippen molar-refractivity contribution in [1.29, 1.82) is 0 Å². The summed E-state index contributed by atoms with van der Waals surface area (Å²) in [6.07, 6.45) is 1.27. The maximum absolute atomic E-state index is 12.9. The van der Waals surface area contributed by atoms with E-state index in [0.717, 1.165) is 0 Å². The number of pyridine rings is 1. The number of aliphatic imine (C=N–C) groups is 1. The number of benzene rings is 2. The highest BCUT2D eigenvalue weighted by molar-refractivity contribution is 6.35. The van der Waals surface area contributed by atoms with Crippen molar-refractivity contribution in [1.82, 2.24) is 14.8 Å². The Morgan fingerprint density at radius 2 is 1.86 bits per heavy atom. The summed E-state index contributed by atoms with van der Waals surface area (Å²) >= 11 is 12.1. The van der Waals surface area contributed by atoms with Gasteiger partial charge in [0, 0.05) is 23.7 Å². The Balaban J connectivity index is 1.94. The number of aryl methyl sites for hydroxylation is 1. The van der Waals surface area contributed by atoms with Crippen molar-refractivity contribution >= 4 is 46.0 Å². The fourth-order valence-electron chi connectivity index (χ4n) is 3.11. The van der Waals surface area contributed by atoms with E-state index in [-0.39, 0.29) is 22.6 Å². The summed E-state index contributed by atoms with van der Waals surface area (Å²) in [6.45, 7) is 0. The highest BCUT2D eigenvalue weighted by Crippen LogP contribution is 2.33. The van der Waals surface area contributed by atoms with Crippen molar-refractivity contribution in [2.24, 2.45) is 12.0 Å². The van der Waals surface area contributed by atoms with E-state index in [1.807, 2.05) is 0 Å². The molecule has 0 saturated carbocycles. The molecule has 0 aliphatic heterocycles. The first-order valence-electron chi connectivity index (χ1n) is 8.49. The number of nitrogens with one attached hydrogen (secondary N) is 2. The topological polar surface area (TPSA) is 103 Å². The predicted octanol–water partition coefficient (Wildman–Crippen LogP) is 3.98. The molecule has 9 heteroatoms. The van der Waals surface area contributed by atoms with Crippen LogP contribution in [0.3, 0.4) is 0 Å². The Morgan fingerprint density at radius 3 is 2.66 bits per heavy atom. The van der Waals surface area contributed by atoms with Crippen LogP contribution in [0.2, 0.25) is 10.0 Å². The Morgan fingerprint density at radius 1 is 1.10 bits per heavy atom. The smallest absolute Gasteiger partial charge is 0.273 e. The second-order valence-electron chi connectivity index (χ2n) is 6.33. The summed E-state index contributed by atoms with van der Waals surface area (Å²) in [6, 6.07) is 11.7. The van der Waals surface area contributed by atoms with Crippen LogP contribution in [-0.2, 0) is 7.05 Å². The number of fused-ring (bicyclic) bond motifs is 1. The summed E-state index contributed by atoms with van der Waals surface area (Å²) in [7, 11) is 1.60. The quantitative estimate of drug-likeness (QED) is 0.429. The molecular weight excluding hydrogens is 415 g/mol. The van der Waals surface area contributed by atoms with Crippen LogP contribution in [0.25, 0.3) is 22.2 Å². The van der Waals surface area contributed by atoms with Crippen LogP contribution >= 0.6 is 23.2 Å². The summed E-state index contributed by atoms with van der Waals surface area (Å²) in [5, 5.41) is 17.1. The summed E-state index contributed by atoms with van der Waals surface area (Å²) < 4.78 is 1.41. The van der Waals surface area contributed by atoms with E-state index in [2.05, 4.69) is 15.2 Å². The minimum absolute atomic E-state index is 0.0387. The van der Waals surface area contributed by atoms with E-state index < -0.39 is 11.1 Å². The molecule has 2 heterocycles. The third-order valence-corrected chi connectivity index (χ3v) is 5.14. The molecule has 0 bridgehead atoms. The summed E-state index contributed by atoms with van der Waals surface area (Å²) in [4.78, 5) is 29.5. The lowest BCUT2D eigenvalue weighted by atomic mass is 10.1. The van der Waals surface area contributed by atoms with Gasteiger partial charge in [-0.05, 0) is 30.3 Å². The first-order chi connectivity index (χ1) is 13.9. The van der Waals surface area contributed by atoms with E-state index in [0.29, 0.717) is 26.6 Å². The monoisotopic (exact) mass is 428 g/mol. The lowest BCUT2D eigenvalue weighted by Gasteiger charge is -2.11. The number of halogens is 2. The molecule has 29 heavy (non-hydrogen) atoms. The average Bonchev–Trinajstić information content (AvgIpc) is 3.07. The van der Waals surface area contributed by atoms with Crippen molar-refractivity contribution in [2.75, 3.05) is 0 Å². The molecule has 0 unspecified atom stereocenters. The second kappa shape index (κ2) is 7.27. The lowest BCUT2D eigenvalue weighted by Crippen LogP contribution is -2.20. The largest absolute Gasteiger partial charge is 0.506 e. The molecule has 0 radical (unpaired) electrons. The van der Waals surface area contributed by atoms with Crippen LogP contribution in [0, 0.1) is 0 Å². The number of aromatic hydroxyl groups is 1. The van der Waals surface area contributed by atoms with Crippen molar-refractivity contribution < 1.29 is 5.11 Å². The number of para-hydroxylation sites is 1. The Hall–Kier alpha value is -3.29. The first-order valence-corrected chi connectivity index (χ1v) is 9.25. The molecule has 4 aromatic rings. The number of H-pyrrole nitrogens is 2. The van der Waals surface area contributed by atoms with Gasteiger partial charge in [-0.15, -0.1) is 0 Å². The fraction of sp³-hybridized carbons (Fsp3) is 0.0500. The fourth-order valence-corrected chi connectivity index (χ4v) is 3.44. The number of rotatable bonds is 3. The van der Waals surface area contributed by atoms with Crippen molar-refractivity contribution in [3.63, 3.8) is 0 Å². The molecule has 0 spiro atoms. The Labute approximate surface area is 173 Å². The summed E-state index contributed by atoms with van der Waals surface area (Å²) in [5.74, 6) is -0.227. The molecular formula is C20H14Cl2N4O3. The maximum atomic E-state index is 12.9. The molecule has 0 aliphatic rings. The van der Waals surface area contributed by atoms with Gasteiger partial charge in [-0.1, -0.05) is 35.3 Å². The van der Waals surface area contributed by atoms with Gasteiger partial charge in [-0.3, -0.25) is 24.8 Å². The zero-order valence-electron chi connectivity index (χ0n) is 15.0. The molecule has 3 N–H and O–H groups in total. The first kappa shape index (κ1) is 19.0. The van der Waals surface area contributed by atoms with Gasteiger partial charge in [-0.25, -0.2) is 0 Å². The second-order valence-corrected chi connectivity index (χ2v) is 7.17. The van der Waals surface area contributed by atoms with Gasteiger partial charge in [0.25, 0.3) is 11.1 Å². The van der Waals surface area contributed by atoms with Gasteiger partial charge in [0.1, 0.15) is 11.3 Å². The van der Waals surface area contributed by atoms with Crippen LogP contribution in [0.5, 0.6) is 5.75 Å². The van der Waals surface area contributed by atoms with E-state index >= 15 is 0 Å².